The molecule has 0 aliphatic heterocycles. The van der Waals surface area contributed by atoms with Crippen molar-refractivity contribution in [2.75, 3.05) is 0 Å². The second-order valence-corrected chi connectivity index (χ2v) is 8.64. The highest BCUT2D eigenvalue weighted by molar-refractivity contribution is 5.76. The predicted molar refractivity (Wildman–Crippen MR) is 102 cm³/mol. The monoisotopic (exact) mass is 426 g/mol. The Morgan fingerprint density at radius 2 is 1.97 bits per heavy atom. The predicted octanol–water partition coefficient (Wildman–Crippen LogP) is 4.71. The summed E-state index contributed by atoms with van der Waals surface area (Å²) in [7, 11) is 0. The molecule has 1 atom stereocenters. The van der Waals surface area contributed by atoms with Crippen LogP contribution in [0.3, 0.4) is 0 Å². The van der Waals surface area contributed by atoms with Gasteiger partial charge in [0.05, 0.1) is 24.1 Å². The Balaban J connectivity index is 1.44. The van der Waals surface area contributed by atoms with E-state index in [4.69, 9.17) is 0 Å². The van der Waals surface area contributed by atoms with Gasteiger partial charge in [-0.3, -0.25) is 4.79 Å². The molecule has 2 aromatic heterocycles. The van der Waals surface area contributed by atoms with Gasteiger partial charge in [0.2, 0.25) is 18.3 Å². The highest BCUT2D eigenvalue weighted by Gasteiger charge is 2.35. The van der Waals surface area contributed by atoms with Crippen LogP contribution >= 0.6 is 0 Å². The van der Waals surface area contributed by atoms with Gasteiger partial charge in [-0.05, 0) is 55.6 Å². The second kappa shape index (κ2) is 8.51. The summed E-state index contributed by atoms with van der Waals surface area (Å²) < 4.78 is 53.1. The fourth-order valence-electron chi connectivity index (χ4n) is 4.20. The second-order valence-electron chi connectivity index (χ2n) is 8.64. The van der Waals surface area contributed by atoms with Crippen LogP contribution in [0.4, 0.5) is 17.6 Å². The van der Waals surface area contributed by atoms with E-state index >= 15 is 0 Å². The van der Waals surface area contributed by atoms with Crippen molar-refractivity contribution in [1.29, 1.82) is 0 Å². The Kier molecular flexibility index (Phi) is 5.97. The number of alkyl halides is 4. The zero-order chi connectivity index (χ0) is 21.3. The molecule has 30 heavy (non-hydrogen) atoms. The summed E-state index contributed by atoms with van der Waals surface area (Å²) in [5, 5.41) is 7.27. The molecular weight excluding hydrogens is 400 g/mol. The van der Waals surface area contributed by atoms with Gasteiger partial charge in [0.1, 0.15) is 0 Å². The van der Waals surface area contributed by atoms with Crippen LogP contribution in [0.2, 0.25) is 0 Å². The molecule has 4 rings (SSSR count). The van der Waals surface area contributed by atoms with Gasteiger partial charge in [-0.25, -0.2) is 27.1 Å². The summed E-state index contributed by atoms with van der Waals surface area (Å²) in [5.41, 5.74) is 2.26. The molecule has 0 radical (unpaired) electrons. The molecule has 0 spiro atoms. The number of carbonyl (C=O) groups excluding carboxylic acids is 1. The minimum atomic E-state index is -2.54. The average molecular weight is 426 g/mol. The molecule has 1 N–H and O–H groups in total. The lowest BCUT2D eigenvalue weighted by Crippen LogP contribution is -2.30. The molecule has 2 aromatic rings. The van der Waals surface area contributed by atoms with Gasteiger partial charge in [0, 0.05) is 25.7 Å². The number of rotatable bonds is 8. The molecule has 2 aliphatic rings. The molecule has 164 valence electrons. The van der Waals surface area contributed by atoms with Gasteiger partial charge in [0.15, 0.2) is 5.65 Å². The molecule has 1 amide bonds. The van der Waals surface area contributed by atoms with Gasteiger partial charge in [0.25, 0.3) is 0 Å². The maximum absolute atomic E-state index is 13.4. The van der Waals surface area contributed by atoms with E-state index in [0.717, 1.165) is 24.1 Å². The van der Waals surface area contributed by atoms with Crippen LogP contribution in [0, 0.1) is 11.8 Å². The first-order valence-corrected chi connectivity index (χ1v) is 10.6. The van der Waals surface area contributed by atoms with Crippen molar-refractivity contribution in [3.8, 4) is 0 Å². The number of fused-ring (bicyclic) bond motifs is 1. The van der Waals surface area contributed by atoms with Crippen molar-refractivity contribution in [2.45, 2.75) is 76.2 Å². The van der Waals surface area contributed by atoms with Crippen LogP contribution in [0.25, 0.3) is 5.65 Å². The first kappa shape index (κ1) is 21.1. The Hall–Kier alpha value is -2.19. The number of hydrogen-bond donors (Lipinski definition) is 1. The minimum absolute atomic E-state index is 0.0677. The SMILES string of the molecule is O=C(CCC(F)F)N[C@@H](c1cnn2cc(CC3CCC(F)(F)CC3)nc2c1)C1CC1. The third-order valence-corrected chi connectivity index (χ3v) is 6.08. The highest BCUT2D eigenvalue weighted by atomic mass is 19.3. The molecule has 0 saturated heterocycles. The van der Waals surface area contributed by atoms with E-state index in [1.165, 1.54) is 0 Å². The van der Waals surface area contributed by atoms with E-state index in [0.29, 0.717) is 24.9 Å². The summed E-state index contributed by atoms with van der Waals surface area (Å²) >= 11 is 0. The highest BCUT2D eigenvalue weighted by Crippen LogP contribution is 2.41. The topological polar surface area (TPSA) is 59.3 Å². The van der Waals surface area contributed by atoms with Crippen molar-refractivity contribution in [3.63, 3.8) is 0 Å². The Bertz CT molecular complexity index is 886. The van der Waals surface area contributed by atoms with Crippen molar-refractivity contribution in [3.05, 3.63) is 29.7 Å². The molecule has 0 aromatic carbocycles. The smallest absolute Gasteiger partial charge is 0.248 e. The first-order valence-electron chi connectivity index (χ1n) is 10.6. The van der Waals surface area contributed by atoms with E-state index in [2.05, 4.69) is 15.4 Å². The number of carbonyl (C=O) groups is 1. The number of imidazole rings is 1. The molecule has 2 heterocycles. The normalized spacial score (nSPS) is 20.6. The van der Waals surface area contributed by atoms with Gasteiger partial charge in [-0.1, -0.05) is 0 Å². The summed E-state index contributed by atoms with van der Waals surface area (Å²) in [5.74, 6) is -2.45. The molecule has 0 unspecified atom stereocenters. The summed E-state index contributed by atoms with van der Waals surface area (Å²) in [6.07, 6.45) is 3.79. The van der Waals surface area contributed by atoms with Gasteiger partial charge < -0.3 is 5.32 Å². The maximum Gasteiger partial charge on any atom is 0.248 e. The number of hydrogen-bond acceptors (Lipinski definition) is 3. The number of nitrogens with one attached hydrogen (secondary N) is 1. The van der Waals surface area contributed by atoms with Gasteiger partial charge in [-0.2, -0.15) is 5.10 Å². The third kappa shape index (κ3) is 5.29. The van der Waals surface area contributed by atoms with Crippen LogP contribution in [-0.2, 0) is 11.2 Å². The van der Waals surface area contributed by atoms with Crippen molar-refractivity contribution in [2.24, 2.45) is 11.8 Å². The van der Waals surface area contributed by atoms with Crippen LogP contribution < -0.4 is 5.32 Å². The minimum Gasteiger partial charge on any atom is -0.349 e. The first-order chi connectivity index (χ1) is 14.3. The van der Waals surface area contributed by atoms with Crippen molar-refractivity contribution < 1.29 is 22.4 Å². The number of halogens is 4. The quantitative estimate of drug-likeness (QED) is 0.622. The van der Waals surface area contributed by atoms with Crippen molar-refractivity contribution >= 4 is 11.6 Å². The lowest BCUT2D eigenvalue weighted by atomic mass is 9.84. The van der Waals surface area contributed by atoms with Crippen molar-refractivity contribution in [1.82, 2.24) is 19.9 Å². The van der Waals surface area contributed by atoms with Crippen LogP contribution in [-0.4, -0.2) is 32.9 Å². The molecule has 5 nitrogen and oxygen atoms in total. The van der Waals surface area contributed by atoms with E-state index in [1.54, 1.807) is 10.7 Å². The Morgan fingerprint density at radius 3 is 2.63 bits per heavy atom. The third-order valence-electron chi connectivity index (χ3n) is 6.08. The van der Waals surface area contributed by atoms with Gasteiger partial charge in [-0.15, -0.1) is 0 Å². The van der Waals surface area contributed by atoms with Crippen LogP contribution in [0.15, 0.2) is 18.5 Å². The summed E-state index contributed by atoms with van der Waals surface area (Å²) in [4.78, 5) is 16.7. The Labute approximate surface area is 172 Å². The van der Waals surface area contributed by atoms with E-state index in [1.807, 2.05) is 12.3 Å². The zero-order valence-electron chi connectivity index (χ0n) is 16.7. The summed E-state index contributed by atoms with van der Waals surface area (Å²) in [6.45, 7) is 0. The van der Waals surface area contributed by atoms with E-state index in [-0.39, 0.29) is 43.0 Å². The molecule has 2 aliphatic carbocycles. The molecule has 0 bridgehead atoms. The van der Waals surface area contributed by atoms with Gasteiger partial charge >= 0.3 is 0 Å². The number of amides is 1. The maximum atomic E-state index is 13.4. The van der Waals surface area contributed by atoms with E-state index in [9.17, 15) is 22.4 Å². The van der Waals surface area contributed by atoms with Crippen LogP contribution in [0.1, 0.15) is 68.7 Å². The number of aromatic nitrogens is 3. The van der Waals surface area contributed by atoms with Crippen LogP contribution in [0.5, 0.6) is 0 Å². The lowest BCUT2D eigenvalue weighted by Gasteiger charge is -2.27. The fraction of sp³-hybridized carbons (Fsp3) is 0.667. The van der Waals surface area contributed by atoms with E-state index < -0.39 is 18.8 Å². The standard InChI is InChI=1S/C21H26F4N4O/c22-17(23)3-4-19(30)28-20(14-1-2-14)15-10-18-27-16(12-29(18)26-11-15)9-13-5-7-21(24,25)8-6-13/h10-14,17,20H,1-9H2,(H,28,30)/t20-/m1/s1. The fourth-order valence-corrected chi connectivity index (χ4v) is 4.20. The molecule has 2 fully saturated rings. The Morgan fingerprint density at radius 1 is 1.23 bits per heavy atom. The molecule has 9 heteroatoms. The lowest BCUT2D eigenvalue weighted by molar-refractivity contribution is -0.122. The largest absolute Gasteiger partial charge is 0.349 e. The number of nitrogens with zero attached hydrogens (tertiary/aromatic N) is 3. The zero-order valence-corrected chi connectivity index (χ0v) is 16.7. The summed E-state index contributed by atoms with van der Waals surface area (Å²) in [6, 6.07) is 1.61. The molecular formula is C21H26F4N4O. The average Bonchev–Trinajstić information content (AvgIpc) is 3.45. The molecule has 2 saturated carbocycles.